The molecule has 1 saturated heterocycles. The number of hydrogen-bond donors (Lipinski definition) is 20. The van der Waals surface area contributed by atoms with Crippen molar-refractivity contribution in [1.82, 2.24) is 52.8 Å². The molecular weight excluding hydrogens is 1500 g/mol. The molecule has 0 bridgehead atoms. The molecule has 12 amide bonds. The van der Waals surface area contributed by atoms with E-state index in [-0.39, 0.29) is 106 Å². The third-order valence-electron chi connectivity index (χ3n) is 18.2. The van der Waals surface area contributed by atoms with E-state index in [4.69, 9.17) is 20.9 Å². The van der Waals surface area contributed by atoms with E-state index < -0.39 is 187 Å². The molecule has 3 aliphatic heterocycles. The summed E-state index contributed by atoms with van der Waals surface area (Å²) >= 11 is 9.54. The number of carboxylic acid groups (broad SMARTS) is 1. The average molecular weight is 1580 g/mol. The van der Waals surface area contributed by atoms with Crippen LogP contribution in [0.1, 0.15) is 101 Å². The molecule has 588 valence electrons. The van der Waals surface area contributed by atoms with E-state index in [2.05, 4.69) is 73.1 Å². The Balaban J connectivity index is 0.951. The van der Waals surface area contributed by atoms with Crippen molar-refractivity contribution in [2.24, 2.45) is 11.5 Å². The maximum atomic E-state index is 14.6. The first-order valence-corrected chi connectivity index (χ1v) is 37.0. The van der Waals surface area contributed by atoms with Gasteiger partial charge in [-0.3, -0.25) is 57.5 Å². The number of phenols is 4. The van der Waals surface area contributed by atoms with E-state index in [0.717, 1.165) is 18.7 Å². The lowest BCUT2D eigenvalue weighted by atomic mass is 9.77. The van der Waals surface area contributed by atoms with Crippen molar-refractivity contribution in [3.63, 3.8) is 0 Å². The molecule has 0 aromatic heterocycles. The number of aromatic hydroxyl groups is 4. The van der Waals surface area contributed by atoms with Crippen molar-refractivity contribution < 1.29 is 112 Å². The molecule has 38 heteroatoms. The molecular formula is C72H84N12O23S3. The predicted molar refractivity (Wildman–Crippen MR) is 397 cm³/mol. The van der Waals surface area contributed by atoms with Gasteiger partial charge in [0.15, 0.2) is 5.60 Å². The highest BCUT2D eigenvalue weighted by Crippen LogP contribution is 2.57. The van der Waals surface area contributed by atoms with Crippen LogP contribution in [-0.4, -0.2) is 226 Å². The first-order chi connectivity index (χ1) is 52.2. The number of fused-ring (bicyclic) bond motifs is 6. The quantitative estimate of drug-likeness (QED) is 0.0154. The Labute approximate surface area is 643 Å². The minimum Gasteiger partial charge on any atom is -0.508 e. The van der Waals surface area contributed by atoms with Crippen molar-refractivity contribution in [2.45, 2.75) is 143 Å². The summed E-state index contributed by atoms with van der Waals surface area (Å²) in [4.78, 5) is 194. The molecule has 3 heterocycles. The number of likely N-dealkylation sites (tertiary alicyclic amines) is 1. The first-order valence-electron chi connectivity index (χ1n) is 34.4. The van der Waals surface area contributed by atoms with Crippen molar-refractivity contribution in [2.75, 3.05) is 30.1 Å². The van der Waals surface area contributed by atoms with Gasteiger partial charge in [-0.2, -0.15) is 37.0 Å². The number of amides is 12. The molecule has 35 nitrogen and oxygen atoms in total. The van der Waals surface area contributed by atoms with Crippen LogP contribution in [-0.2, 0) is 80.7 Å². The molecule has 12 atom stereocenters. The van der Waals surface area contributed by atoms with Crippen LogP contribution in [0.15, 0.2) is 103 Å². The number of esters is 1. The topological polar surface area (TPSA) is 563 Å². The van der Waals surface area contributed by atoms with Gasteiger partial charge in [0.05, 0.1) is 24.2 Å². The normalized spacial score (nSPS) is 16.7. The largest absolute Gasteiger partial charge is 0.508 e. The minimum atomic E-state index is -2.02. The number of carbonyl (C=O) groups excluding carboxylic acids is 13. The number of nitrogens with one attached hydrogen (secondary N) is 9. The SMILES string of the molecule is CSCC[C@H](NC(=O)[C@H](CS)NC(=O)c1ccc2c(c1)C(=O)OC21c2ccc(O)cc2Oc2cc(O)ccc21)C(=O)N[C@@H](CCC(N)=O)C(=O)N[C@@H](Cc1ccc(O)cc1)C(=O)N[C@H](C(=O)N[C@H](C(=O)N1CCC[C@H]1C(=O)N[C@@H](CC(N)=O)C(=O)N[C@@H](Cc1ccc(O)cc1)C(=O)N[C@@H](CS)C(=O)O)[C@@H](C)O)[C@@H](C)O. The van der Waals surface area contributed by atoms with Crippen molar-refractivity contribution in [1.29, 1.82) is 0 Å². The lowest BCUT2D eigenvalue weighted by Crippen LogP contribution is -2.63. The number of rotatable bonds is 36. The summed E-state index contributed by atoms with van der Waals surface area (Å²) in [5.74, 6) is -16.1. The molecule has 5 aromatic rings. The van der Waals surface area contributed by atoms with Crippen LogP contribution >= 0.6 is 37.0 Å². The summed E-state index contributed by atoms with van der Waals surface area (Å²) in [7, 11) is 0. The summed E-state index contributed by atoms with van der Waals surface area (Å²) in [6.07, 6.45) is -4.63. The van der Waals surface area contributed by atoms with Gasteiger partial charge >= 0.3 is 11.9 Å². The number of aliphatic hydroxyl groups excluding tert-OH is 2. The Morgan fingerprint density at radius 3 is 1.51 bits per heavy atom. The van der Waals surface area contributed by atoms with Crippen molar-refractivity contribution in [3.8, 4) is 34.5 Å². The molecule has 8 rings (SSSR count). The van der Waals surface area contributed by atoms with Crippen LogP contribution in [0.25, 0.3) is 0 Å². The molecule has 0 radical (unpaired) electrons. The maximum Gasteiger partial charge on any atom is 0.340 e. The van der Waals surface area contributed by atoms with Crippen LogP contribution < -0.4 is 64.1 Å². The second-order valence-electron chi connectivity index (χ2n) is 26.2. The summed E-state index contributed by atoms with van der Waals surface area (Å²) in [6.45, 7) is 1.97. The summed E-state index contributed by atoms with van der Waals surface area (Å²) in [6, 6.07) is 6.29. The Morgan fingerprint density at radius 1 is 0.545 bits per heavy atom. The second-order valence-corrected chi connectivity index (χ2v) is 27.9. The third-order valence-corrected chi connectivity index (χ3v) is 19.6. The van der Waals surface area contributed by atoms with Crippen molar-refractivity contribution >= 4 is 120 Å². The third kappa shape index (κ3) is 20.9. The van der Waals surface area contributed by atoms with E-state index >= 15 is 0 Å². The molecule has 110 heavy (non-hydrogen) atoms. The van der Waals surface area contributed by atoms with E-state index in [0.29, 0.717) is 16.7 Å². The summed E-state index contributed by atoms with van der Waals surface area (Å²) in [5, 5.41) is 94.3. The maximum absolute atomic E-state index is 14.6. The standard InChI is InChI=1S/C72H84N12O23S3/c1-33(85)58(68(101)83-59(34(2)86)69(102)84-23-4-5-53(84)67(100)79-50(30-57(74)92)64(97)78-48(25-35-6-11-38(87)12-7-35)63(96)81-52(32-109)70(103)104)82-65(98)49(26-36-8-13-39(88)14-9-36)77-61(94)46(20-21-56(73)91)75-62(95)47(22-24-110-3)76-66(99)51(31-108)80-60(93)37-10-17-43-42(27-37)71(105)107-72(43)44-18-15-40(89)28-54(44)106-55-29-41(90)16-19-45(55)72/h6-19,27-29,33-34,46-53,58-59,85-90,108-109H,4-5,20-26,30-32H2,1-3H3,(H2,73,91)(H2,74,92)(H,75,95)(H,76,99)(H,77,94)(H,78,97)(H,79,100)(H,80,93)(H,81,96)(H,82,98)(H,83,101)(H,103,104)/t33-,34-,46+,47+,48+,49+,50+,51+,52+,53+,58+,59+/m1/s1. The number of nitrogens with zero attached hydrogens (tertiary/aromatic N) is 1. The number of primary amides is 2. The predicted octanol–water partition coefficient (Wildman–Crippen LogP) is -1.87. The van der Waals surface area contributed by atoms with Crippen LogP contribution in [0, 0.1) is 0 Å². The highest BCUT2D eigenvalue weighted by Gasteiger charge is 2.54. The number of carbonyl (C=O) groups is 14. The van der Waals surface area contributed by atoms with Gasteiger partial charge in [0.2, 0.25) is 65.0 Å². The lowest BCUT2D eigenvalue weighted by molar-refractivity contribution is -0.145. The number of aliphatic hydroxyl groups is 2. The molecule has 3 aliphatic rings. The zero-order valence-corrected chi connectivity index (χ0v) is 61.9. The molecule has 0 saturated carbocycles. The van der Waals surface area contributed by atoms with E-state index in [1.165, 1.54) is 115 Å². The Kier molecular flexibility index (Phi) is 28.8. The van der Waals surface area contributed by atoms with Crippen LogP contribution in [0.2, 0.25) is 0 Å². The van der Waals surface area contributed by atoms with Gasteiger partial charge in [0.25, 0.3) is 5.91 Å². The summed E-state index contributed by atoms with van der Waals surface area (Å²) in [5.41, 5.74) is 10.7. The molecule has 5 aromatic carbocycles. The van der Waals surface area contributed by atoms with Crippen LogP contribution in [0.3, 0.4) is 0 Å². The van der Waals surface area contributed by atoms with E-state index in [1.54, 1.807) is 6.26 Å². The average Bonchev–Trinajstić information content (AvgIpc) is 1.49. The van der Waals surface area contributed by atoms with Gasteiger partial charge in [-0.15, -0.1) is 0 Å². The van der Waals surface area contributed by atoms with Gasteiger partial charge in [-0.1, -0.05) is 30.3 Å². The number of thioether (sulfide) groups is 1. The molecule has 1 fully saturated rings. The van der Waals surface area contributed by atoms with Gasteiger partial charge in [-0.25, -0.2) is 9.59 Å². The first kappa shape index (κ1) is 84.3. The molecule has 1 spiro atoms. The highest BCUT2D eigenvalue weighted by atomic mass is 32.2. The zero-order valence-electron chi connectivity index (χ0n) is 59.3. The Morgan fingerprint density at radius 2 is 1.01 bits per heavy atom. The Hall–Kier alpha value is -11.3. The molecule has 20 N–H and O–H groups in total. The number of phenolic OH excluding ortho intramolecular Hbond substituents is 4. The number of nitrogens with two attached hydrogens (primary N) is 2. The van der Waals surface area contributed by atoms with Gasteiger partial charge in [0, 0.05) is 71.7 Å². The van der Waals surface area contributed by atoms with Gasteiger partial charge in [-0.05, 0) is 123 Å². The van der Waals surface area contributed by atoms with Crippen LogP contribution in [0.4, 0.5) is 0 Å². The number of benzene rings is 5. The Bertz CT molecular complexity index is 4290. The number of carboxylic acids is 1. The zero-order chi connectivity index (χ0) is 80.6. The molecule has 0 unspecified atom stereocenters. The number of ether oxygens (including phenoxy) is 2. The number of thiol groups is 2. The fourth-order valence-corrected chi connectivity index (χ4v) is 13.5. The van der Waals surface area contributed by atoms with Crippen molar-refractivity contribution in [3.05, 3.63) is 142 Å². The number of aliphatic carboxylic acids is 1. The fraction of sp³-hybridized carbons (Fsp3) is 0.389. The minimum absolute atomic E-state index is 0.0512. The van der Waals surface area contributed by atoms with Gasteiger partial charge < -0.3 is 109 Å². The second kappa shape index (κ2) is 37.7. The fourth-order valence-electron chi connectivity index (χ4n) is 12.5. The monoisotopic (exact) mass is 1580 g/mol. The lowest BCUT2D eigenvalue weighted by Gasteiger charge is -2.36. The van der Waals surface area contributed by atoms with Crippen LogP contribution in [0.5, 0.6) is 34.5 Å². The smallest absolute Gasteiger partial charge is 0.340 e. The van der Waals surface area contributed by atoms with Gasteiger partial charge in [0.1, 0.15) is 94.9 Å². The summed E-state index contributed by atoms with van der Waals surface area (Å²) < 4.78 is 12.1. The van der Waals surface area contributed by atoms with E-state index in [1.807, 2.05) is 0 Å². The van der Waals surface area contributed by atoms with E-state index in [9.17, 15) is 103 Å². The highest BCUT2D eigenvalue weighted by molar-refractivity contribution is 7.98. The molecule has 0 aliphatic carbocycles. The number of hydrogen-bond acceptors (Lipinski definition) is 25.